The van der Waals surface area contributed by atoms with Crippen LogP contribution in [0, 0.1) is 6.92 Å². The van der Waals surface area contributed by atoms with Crippen LogP contribution in [0.5, 0.6) is 0 Å². The molecule has 1 aromatic carbocycles. The predicted molar refractivity (Wildman–Crippen MR) is 121 cm³/mol. The van der Waals surface area contributed by atoms with Gasteiger partial charge in [-0.25, -0.2) is 9.97 Å². The van der Waals surface area contributed by atoms with Crippen LogP contribution in [0.4, 0.5) is 13.2 Å². The molecule has 2 aromatic heterocycles. The zero-order chi connectivity index (χ0) is 23.8. The van der Waals surface area contributed by atoms with Crippen LogP contribution in [0.15, 0.2) is 64.9 Å². The molecule has 33 heavy (non-hydrogen) atoms. The third-order valence-electron chi connectivity index (χ3n) is 4.42. The number of rotatable bonds is 9. The van der Waals surface area contributed by atoms with Gasteiger partial charge in [0, 0.05) is 29.9 Å². The molecule has 0 radical (unpaired) electrons. The first-order valence-electron chi connectivity index (χ1n) is 9.78. The van der Waals surface area contributed by atoms with Gasteiger partial charge in [0.2, 0.25) is 0 Å². The zero-order valence-electron chi connectivity index (χ0n) is 17.7. The Labute approximate surface area is 192 Å². The number of alkyl halides is 3. The van der Waals surface area contributed by atoms with Crippen LogP contribution in [-0.2, 0) is 19.1 Å². The fourth-order valence-corrected chi connectivity index (χ4v) is 3.67. The summed E-state index contributed by atoms with van der Waals surface area (Å²) < 4.78 is 39.8. The maximum Gasteiger partial charge on any atom is 0.416 e. The minimum absolute atomic E-state index is 0.235. The van der Waals surface area contributed by atoms with E-state index in [0.717, 1.165) is 22.7 Å². The van der Waals surface area contributed by atoms with Crippen molar-refractivity contribution in [2.45, 2.75) is 26.1 Å². The second-order valence-electron chi connectivity index (χ2n) is 6.94. The molecule has 1 amide bonds. The van der Waals surface area contributed by atoms with Crippen molar-refractivity contribution in [3.05, 3.63) is 88.2 Å². The minimum atomic E-state index is -4.38. The Balaban J connectivity index is 1.52. The van der Waals surface area contributed by atoms with E-state index in [0.29, 0.717) is 24.4 Å². The number of allylic oxidation sites excluding steroid dienone is 1. The zero-order valence-corrected chi connectivity index (χ0v) is 18.5. The lowest BCUT2D eigenvalue weighted by atomic mass is 10.1. The van der Waals surface area contributed by atoms with Crippen LogP contribution < -0.4 is 5.32 Å². The van der Waals surface area contributed by atoms with Gasteiger partial charge in [-0.05, 0) is 43.5 Å². The Kier molecular flexibility index (Phi) is 7.99. The molecule has 0 saturated carbocycles. The average molecular weight is 475 g/mol. The number of nitrogens with zero attached hydrogens (tertiary/aromatic N) is 5. The van der Waals surface area contributed by atoms with E-state index in [2.05, 4.69) is 32.1 Å². The van der Waals surface area contributed by atoms with Gasteiger partial charge in [-0.2, -0.15) is 18.3 Å². The molecule has 0 spiro atoms. The quantitative estimate of drug-likeness (QED) is 0.370. The summed E-state index contributed by atoms with van der Waals surface area (Å²) in [5.74, 6) is 0.545. The summed E-state index contributed by atoms with van der Waals surface area (Å²) in [6.07, 6.45) is 0.869. The highest BCUT2D eigenvalue weighted by Gasteiger charge is 2.29. The highest BCUT2D eigenvalue weighted by Crippen LogP contribution is 2.30. The first kappa shape index (κ1) is 24.2. The molecule has 0 aliphatic rings. The molecular weight excluding hydrogens is 453 g/mol. The molecule has 0 bridgehead atoms. The van der Waals surface area contributed by atoms with Crippen molar-refractivity contribution in [3.63, 3.8) is 0 Å². The van der Waals surface area contributed by atoms with Gasteiger partial charge in [0.25, 0.3) is 5.91 Å². The number of aliphatic imine (C=N–C) groups is 1. The Morgan fingerprint density at radius 3 is 2.67 bits per heavy atom. The van der Waals surface area contributed by atoms with E-state index in [9.17, 15) is 18.0 Å². The average Bonchev–Trinajstić information content (AvgIpc) is 3.22. The second kappa shape index (κ2) is 10.9. The van der Waals surface area contributed by atoms with E-state index in [1.807, 2.05) is 0 Å². The smallest absolute Gasteiger partial charge is 0.341 e. The second-order valence-corrected chi connectivity index (χ2v) is 8.04. The monoisotopic (exact) mass is 474 g/mol. The normalized spacial score (nSPS) is 11.9. The number of aromatic nitrogens is 4. The number of hydrogen-bond donors (Lipinski definition) is 1. The topological polar surface area (TPSA) is 85.1 Å². The number of halogens is 3. The molecule has 7 nitrogen and oxygen atoms in total. The maximum absolute atomic E-state index is 12.7. The largest absolute Gasteiger partial charge is 0.416 e. The van der Waals surface area contributed by atoms with Gasteiger partial charge in [-0.15, -0.1) is 11.8 Å². The number of carbonyl (C=O) groups excluding carboxylic acids is 1. The van der Waals surface area contributed by atoms with Crippen LogP contribution in [0.25, 0.3) is 0 Å². The number of thioether (sulfide) groups is 1. The molecule has 0 aliphatic carbocycles. The van der Waals surface area contributed by atoms with E-state index in [4.69, 9.17) is 0 Å². The van der Waals surface area contributed by atoms with Crippen molar-refractivity contribution in [1.82, 2.24) is 25.1 Å². The van der Waals surface area contributed by atoms with E-state index >= 15 is 0 Å². The van der Waals surface area contributed by atoms with Crippen LogP contribution >= 0.6 is 11.8 Å². The van der Waals surface area contributed by atoms with Gasteiger partial charge in [0.05, 0.1) is 23.7 Å². The standard InChI is InChI=1S/C22H21F3N6OS/c1-15-27-9-7-18(29-15)13-31-10-8-20(30-31)21(32)28-14-33-19(12-26-2)11-16-3-5-17(6-4-16)22(23,24)25/h3-10,12H,2,11,13-14H2,1H3,(H,28,32)/b19-12-. The predicted octanol–water partition coefficient (Wildman–Crippen LogP) is 4.25. The van der Waals surface area contributed by atoms with Crippen molar-refractivity contribution in [3.8, 4) is 0 Å². The molecule has 2 heterocycles. The third kappa shape index (κ3) is 7.28. The molecule has 11 heteroatoms. The molecule has 0 fully saturated rings. The van der Waals surface area contributed by atoms with Crippen molar-refractivity contribution in [2.24, 2.45) is 4.99 Å². The SMILES string of the molecule is C=N/C=C(/Cc1ccc(C(F)(F)F)cc1)SCNC(=O)c1ccn(Cc2ccnc(C)n2)n1. The van der Waals surface area contributed by atoms with Crippen LogP contribution in [0.2, 0.25) is 0 Å². The number of benzene rings is 1. The molecule has 1 N–H and O–H groups in total. The lowest BCUT2D eigenvalue weighted by Gasteiger charge is -2.10. The molecule has 3 aromatic rings. The van der Waals surface area contributed by atoms with Crippen LogP contribution in [-0.4, -0.2) is 38.2 Å². The highest BCUT2D eigenvalue weighted by atomic mass is 32.2. The van der Waals surface area contributed by atoms with E-state index < -0.39 is 11.7 Å². The van der Waals surface area contributed by atoms with Crippen molar-refractivity contribution < 1.29 is 18.0 Å². The lowest BCUT2D eigenvalue weighted by molar-refractivity contribution is -0.137. The summed E-state index contributed by atoms with van der Waals surface area (Å²) in [7, 11) is 0. The number of aryl methyl sites for hydroxylation is 1. The molecule has 0 saturated heterocycles. The van der Waals surface area contributed by atoms with Gasteiger partial charge in [-0.1, -0.05) is 12.1 Å². The van der Waals surface area contributed by atoms with E-state index in [1.165, 1.54) is 30.1 Å². The molecule has 172 valence electrons. The summed E-state index contributed by atoms with van der Waals surface area (Å²) in [6.45, 7) is 5.63. The van der Waals surface area contributed by atoms with E-state index in [-0.39, 0.29) is 17.5 Å². The van der Waals surface area contributed by atoms with Crippen molar-refractivity contribution in [2.75, 3.05) is 5.88 Å². The molecule has 3 rings (SSSR count). The van der Waals surface area contributed by atoms with E-state index in [1.54, 1.807) is 36.1 Å². The summed E-state index contributed by atoms with van der Waals surface area (Å²) in [6, 6.07) is 8.32. The Hall–Kier alpha value is -3.47. The fraction of sp³-hybridized carbons (Fsp3) is 0.227. The summed E-state index contributed by atoms with van der Waals surface area (Å²) >= 11 is 1.31. The Morgan fingerprint density at radius 2 is 2.00 bits per heavy atom. The molecule has 0 atom stereocenters. The minimum Gasteiger partial charge on any atom is -0.341 e. The highest BCUT2D eigenvalue weighted by molar-refractivity contribution is 8.03. The van der Waals surface area contributed by atoms with Crippen LogP contribution in [0.1, 0.15) is 33.1 Å². The first-order valence-corrected chi connectivity index (χ1v) is 10.8. The maximum atomic E-state index is 12.7. The summed E-state index contributed by atoms with van der Waals surface area (Å²) in [4.78, 5) is 25.3. The number of carbonyl (C=O) groups is 1. The van der Waals surface area contributed by atoms with Gasteiger partial charge in [0.15, 0.2) is 0 Å². The van der Waals surface area contributed by atoms with Gasteiger partial charge < -0.3 is 5.32 Å². The molecule has 0 aliphatic heterocycles. The number of amides is 1. The third-order valence-corrected chi connectivity index (χ3v) is 5.33. The molecular formula is C22H21F3N6OS. The molecule has 0 unspecified atom stereocenters. The Morgan fingerprint density at radius 1 is 1.24 bits per heavy atom. The van der Waals surface area contributed by atoms with Crippen molar-refractivity contribution >= 4 is 24.4 Å². The fourth-order valence-electron chi connectivity index (χ4n) is 2.86. The first-order chi connectivity index (χ1) is 15.7. The summed E-state index contributed by atoms with van der Waals surface area (Å²) in [5.41, 5.74) is 1.03. The Bertz CT molecular complexity index is 1140. The van der Waals surface area contributed by atoms with Gasteiger partial charge in [0.1, 0.15) is 11.5 Å². The summed E-state index contributed by atoms with van der Waals surface area (Å²) in [5, 5.41) is 7.02. The number of hydrogen-bond acceptors (Lipinski definition) is 6. The van der Waals surface area contributed by atoms with Gasteiger partial charge in [-0.3, -0.25) is 14.5 Å². The van der Waals surface area contributed by atoms with Gasteiger partial charge >= 0.3 is 6.18 Å². The van der Waals surface area contributed by atoms with Crippen LogP contribution in [0.3, 0.4) is 0 Å². The number of nitrogens with one attached hydrogen (secondary N) is 1. The van der Waals surface area contributed by atoms with Crippen molar-refractivity contribution in [1.29, 1.82) is 0 Å². The lowest BCUT2D eigenvalue weighted by Crippen LogP contribution is -2.23.